The van der Waals surface area contributed by atoms with Crippen molar-refractivity contribution in [3.63, 3.8) is 0 Å². The van der Waals surface area contributed by atoms with E-state index >= 15 is 0 Å². The molecule has 3 aromatic rings. The highest BCUT2D eigenvalue weighted by atomic mass is 35.5. The van der Waals surface area contributed by atoms with Gasteiger partial charge in [0.05, 0.1) is 0 Å². The topological polar surface area (TPSA) is 27.8 Å². The number of benzene rings is 2. The Balaban J connectivity index is 0.00000156. The summed E-state index contributed by atoms with van der Waals surface area (Å²) in [4.78, 5) is 3.61. The third-order valence-corrected chi connectivity index (χ3v) is 4.81. The second-order valence-corrected chi connectivity index (χ2v) is 6.42. The van der Waals surface area contributed by atoms with Crippen LogP contribution < -0.4 is 5.32 Å². The molecule has 2 N–H and O–H groups in total. The van der Waals surface area contributed by atoms with Gasteiger partial charge in [0.1, 0.15) is 0 Å². The first kappa shape index (κ1) is 16.4. The highest BCUT2D eigenvalue weighted by Crippen LogP contribution is 2.33. The molecular weight excluding hydrogens is 327 g/mol. The fourth-order valence-corrected chi connectivity index (χ4v) is 3.66. The van der Waals surface area contributed by atoms with Crippen LogP contribution in [0.2, 0.25) is 5.02 Å². The lowest BCUT2D eigenvalue weighted by atomic mass is 9.95. The molecule has 0 saturated heterocycles. The summed E-state index contributed by atoms with van der Waals surface area (Å²) in [5.74, 6) is 0. The molecule has 4 heteroatoms. The third kappa shape index (κ3) is 3.25. The summed E-state index contributed by atoms with van der Waals surface area (Å²) < 4.78 is 0. The number of aromatic amines is 1. The van der Waals surface area contributed by atoms with Gasteiger partial charge in [-0.25, -0.2) is 0 Å². The lowest BCUT2D eigenvalue weighted by Crippen LogP contribution is -2.30. The molecule has 0 bridgehead atoms. The second kappa shape index (κ2) is 6.96. The molecule has 1 atom stereocenters. The average molecular weight is 347 g/mol. The van der Waals surface area contributed by atoms with Crippen molar-refractivity contribution in [2.75, 3.05) is 6.54 Å². The second-order valence-electron chi connectivity index (χ2n) is 5.99. The van der Waals surface area contributed by atoms with Crippen molar-refractivity contribution in [1.29, 1.82) is 0 Å². The minimum absolute atomic E-state index is 0. The normalized spacial score (nSPS) is 16.8. The Kier molecular flexibility index (Phi) is 4.96. The van der Waals surface area contributed by atoms with Crippen LogP contribution in [0, 0.1) is 0 Å². The van der Waals surface area contributed by atoms with Crippen LogP contribution in [0.5, 0.6) is 0 Å². The van der Waals surface area contributed by atoms with Crippen molar-refractivity contribution in [3.05, 3.63) is 70.4 Å². The zero-order valence-corrected chi connectivity index (χ0v) is 14.4. The Hall–Kier alpha value is -1.48. The highest BCUT2D eigenvalue weighted by molar-refractivity contribution is 6.31. The van der Waals surface area contributed by atoms with Crippen molar-refractivity contribution in [2.24, 2.45) is 0 Å². The molecule has 1 unspecified atom stereocenters. The van der Waals surface area contributed by atoms with Crippen molar-refractivity contribution < 1.29 is 0 Å². The van der Waals surface area contributed by atoms with E-state index < -0.39 is 0 Å². The Morgan fingerprint density at radius 3 is 2.74 bits per heavy atom. The van der Waals surface area contributed by atoms with Crippen molar-refractivity contribution in [3.8, 4) is 0 Å². The summed E-state index contributed by atoms with van der Waals surface area (Å²) in [6.07, 6.45) is 3.27. The van der Waals surface area contributed by atoms with Crippen LogP contribution in [0.4, 0.5) is 0 Å². The van der Waals surface area contributed by atoms with E-state index in [4.69, 9.17) is 11.6 Å². The van der Waals surface area contributed by atoms with E-state index in [0.717, 1.165) is 30.8 Å². The third-order valence-electron chi connectivity index (χ3n) is 4.58. The van der Waals surface area contributed by atoms with Crippen LogP contribution >= 0.6 is 24.0 Å². The molecule has 1 aliphatic heterocycles. The predicted molar refractivity (Wildman–Crippen MR) is 99.8 cm³/mol. The summed E-state index contributed by atoms with van der Waals surface area (Å²) in [6, 6.07) is 17.2. The standard InChI is InChI=1S/C19H19ClN2.ClH/c20-14-7-9-17-16(12-14)15-10-11-21-18(19(15)22-17)8-6-13-4-2-1-3-5-13;/h1-5,7,9,12,18,21-22H,6,8,10-11H2;1H. The summed E-state index contributed by atoms with van der Waals surface area (Å²) in [5, 5.41) is 5.76. The van der Waals surface area contributed by atoms with Crippen LogP contribution in [0.25, 0.3) is 10.9 Å². The van der Waals surface area contributed by atoms with Gasteiger partial charge < -0.3 is 10.3 Å². The van der Waals surface area contributed by atoms with E-state index in [2.05, 4.69) is 52.8 Å². The molecule has 4 rings (SSSR count). The van der Waals surface area contributed by atoms with Crippen molar-refractivity contribution >= 4 is 34.9 Å². The Morgan fingerprint density at radius 1 is 1.09 bits per heavy atom. The number of aromatic nitrogens is 1. The van der Waals surface area contributed by atoms with E-state index in [1.54, 1.807) is 0 Å². The van der Waals surface area contributed by atoms with Gasteiger partial charge in [-0.1, -0.05) is 41.9 Å². The minimum Gasteiger partial charge on any atom is -0.357 e. The summed E-state index contributed by atoms with van der Waals surface area (Å²) in [5.41, 5.74) is 5.38. The molecule has 1 aromatic heterocycles. The number of rotatable bonds is 3. The fraction of sp³-hybridized carbons (Fsp3) is 0.263. The molecule has 1 aliphatic rings. The molecule has 0 fully saturated rings. The molecule has 2 aromatic carbocycles. The van der Waals surface area contributed by atoms with E-state index in [9.17, 15) is 0 Å². The molecule has 0 saturated carbocycles. The van der Waals surface area contributed by atoms with E-state index in [1.165, 1.54) is 27.7 Å². The Morgan fingerprint density at radius 2 is 1.91 bits per heavy atom. The number of hydrogen-bond donors (Lipinski definition) is 2. The summed E-state index contributed by atoms with van der Waals surface area (Å²) >= 11 is 6.17. The molecular formula is C19H20Cl2N2. The van der Waals surface area contributed by atoms with Crippen LogP contribution in [0.1, 0.15) is 29.3 Å². The first-order valence-electron chi connectivity index (χ1n) is 7.88. The van der Waals surface area contributed by atoms with Crippen LogP contribution in [0.3, 0.4) is 0 Å². The average Bonchev–Trinajstić information content (AvgIpc) is 2.92. The molecule has 120 valence electrons. The van der Waals surface area contributed by atoms with Crippen LogP contribution in [0.15, 0.2) is 48.5 Å². The maximum atomic E-state index is 6.17. The quantitative estimate of drug-likeness (QED) is 0.681. The largest absolute Gasteiger partial charge is 0.357 e. The number of fused-ring (bicyclic) bond motifs is 3. The zero-order valence-electron chi connectivity index (χ0n) is 12.8. The van der Waals surface area contributed by atoms with Crippen LogP contribution in [-0.4, -0.2) is 11.5 Å². The SMILES string of the molecule is Cl.Clc1ccc2[nH]c3c(c2c1)CCNC3CCc1ccccc1. The maximum absolute atomic E-state index is 6.17. The summed E-state index contributed by atoms with van der Waals surface area (Å²) in [7, 11) is 0. The number of H-pyrrole nitrogens is 1. The van der Waals surface area contributed by atoms with Gasteiger partial charge in [0, 0.05) is 27.7 Å². The van der Waals surface area contributed by atoms with Gasteiger partial charge in [-0.05, 0) is 55.1 Å². The van der Waals surface area contributed by atoms with E-state index in [0.29, 0.717) is 6.04 Å². The molecule has 2 nitrogen and oxygen atoms in total. The first-order chi connectivity index (χ1) is 10.8. The van der Waals surface area contributed by atoms with Crippen LogP contribution in [-0.2, 0) is 12.8 Å². The van der Waals surface area contributed by atoms with Crippen molar-refractivity contribution in [1.82, 2.24) is 10.3 Å². The van der Waals surface area contributed by atoms with Gasteiger partial charge in [-0.15, -0.1) is 12.4 Å². The minimum atomic E-state index is 0. The van der Waals surface area contributed by atoms with Gasteiger partial charge in [0.25, 0.3) is 0 Å². The highest BCUT2D eigenvalue weighted by Gasteiger charge is 2.23. The van der Waals surface area contributed by atoms with Crippen molar-refractivity contribution in [2.45, 2.75) is 25.3 Å². The lowest BCUT2D eigenvalue weighted by Gasteiger charge is -2.24. The predicted octanol–water partition coefficient (Wildman–Crippen LogP) is 5.06. The van der Waals surface area contributed by atoms with Gasteiger partial charge in [-0.3, -0.25) is 0 Å². The number of halogens is 2. The zero-order chi connectivity index (χ0) is 14.9. The molecule has 0 spiro atoms. The van der Waals surface area contributed by atoms with Gasteiger partial charge in [0.15, 0.2) is 0 Å². The molecule has 0 amide bonds. The van der Waals surface area contributed by atoms with Gasteiger partial charge >= 0.3 is 0 Å². The van der Waals surface area contributed by atoms with E-state index in [-0.39, 0.29) is 12.4 Å². The smallest absolute Gasteiger partial charge is 0.0479 e. The van der Waals surface area contributed by atoms with Gasteiger partial charge in [-0.2, -0.15) is 0 Å². The van der Waals surface area contributed by atoms with Gasteiger partial charge in [0.2, 0.25) is 0 Å². The molecule has 23 heavy (non-hydrogen) atoms. The molecule has 0 aliphatic carbocycles. The number of aryl methyl sites for hydroxylation is 1. The van der Waals surface area contributed by atoms with E-state index in [1.807, 2.05) is 6.07 Å². The summed E-state index contributed by atoms with van der Waals surface area (Å²) in [6.45, 7) is 1.03. The molecule has 2 heterocycles. The lowest BCUT2D eigenvalue weighted by molar-refractivity contribution is 0.468. The monoisotopic (exact) mass is 346 g/mol. The molecule has 0 radical (unpaired) electrons. The number of nitrogens with one attached hydrogen (secondary N) is 2. The fourth-order valence-electron chi connectivity index (χ4n) is 3.48. The number of hydrogen-bond acceptors (Lipinski definition) is 1. The Labute approximate surface area is 147 Å². The maximum Gasteiger partial charge on any atom is 0.0479 e. The Bertz CT molecular complexity index is 796. The first-order valence-corrected chi connectivity index (χ1v) is 8.26.